The second-order valence-corrected chi connectivity index (χ2v) is 7.14. The molecule has 0 saturated heterocycles. The Bertz CT molecular complexity index is 982. The van der Waals surface area contributed by atoms with Gasteiger partial charge in [-0.2, -0.15) is 5.10 Å². The van der Waals surface area contributed by atoms with E-state index >= 15 is 0 Å². The highest BCUT2D eigenvalue weighted by molar-refractivity contribution is 7.89. The first-order valence-corrected chi connectivity index (χ1v) is 8.88. The SMILES string of the molecule is Cn1cc(S(=O)(=O)NCc2c(F)cccc2F)c(-c2ccccc2)n1. The lowest BCUT2D eigenvalue weighted by atomic mass is 10.2. The van der Waals surface area contributed by atoms with Gasteiger partial charge in [0, 0.05) is 30.9 Å². The number of benzene rings is 2. The molecule has 5 nitrogen and oxygen atoms in total. The molecule has 0 bridgehead atoms. The predicted molar refractivity (Wildman–Crippen MR) is 89.0 cm³/mol. The summed E-state index contributed by atoms with van der Waals surface area (Å²) in [6, 6.07) is 12.2. The summed E-state index contributed by atoms with van der Waals surface area (Å²) < 4.78 is 56.2. The molecule has 0 aliphatic heterocycles. The van der Waals surface area contributed by atoms with Crippen LogP contribution >= 0.6 is 0 Å². The molecule has 0 unspecified atom stereocenters. The first kappa shape index (κ1) is 17.2. The molecule has 1 aromatic heterocycles. The van der Waals surface area contributed by atoms with Crippen LogP contribution in [0.3, 0.4) is 0 Å². The summed E-state index contributed by atoms with van der Waals surface area (Å²) in [5, 5.41) is 4.19. The second kappa shape index (κ2) is 6.73. The maximum atomic E-state index is 13.7. The summed E-state index contributed by atoms with van der Waals surface area (Å²) in [4.78, 5) is -0.0575. The van der Waals surface area contributed by atoms with Crippen molar-refractivity contribution in [2.75, 3.05) is 0 Å². The maximum Gasteiger partial charge on any atom is 0.244 e. The van der Waals surface area contributed by atoms with Gasteiger partial charge in [-0.3, -0.25) is 4.68 Å². The van der Waals surface area contributed by atoms with Gasteiger partial charge in [-0.25, -0.2) is 21.9 Å². The number of aromatic nitrogens is 2. The number of hydrogen-bond donors (Lipinski definition) is 1. The fraction of sp³-hybridized carbons (Fsp3) is 0.118. The van der Waals surface area contributed by atoms with Crippen LogP contribution < -0.4 is 4.72 Å². The molecule has 1 N–H and O–H groups in total. The van der Waals surface area contributed by atoms with Crippen molar-refractivity contribution in [3.05, 3.63) is 71.9 Å². The molecular formula is C17H15F2N3O2S. The van der Waals surface area contributed by atoms with Crippen LogP contribution in [0.4, 0.5) is 8.78 Å². The van der Waals surface area contributed by atoms with E-state index in [1.165, 1.54) is 16.9 Å². The molecule has 3 rings (SSSR count). The van der Waals surface area contributed by atoms with Crippen molar-refractivity contribution in [1.29, 1.82) is 0 Å². The van der Waals surface area contributed by atoms with E-state index < -0.39 is 28.2 Å². The van der Waals surface area contributed by atoms with Crippen molar-refractivity contribution in [2.45, 2.75) is 11.4 Å². The first-order chi connectivity index (χ1) is 11.9. The maximum absolute atomic E-state index is 13.7. The summed E-state index contributed by atoms with van der Waals surface area (Å²) in [7, 11) is -2.42. The average Bonchev–Trinajstić information content (AvgIpc) is 2.98. The van der Waals surface area contributed by atoms with Crippen molar-refractivity contribution >= 4 is 10.0 Å². The zero-order valence-corrected chi connectivity index (χ0v) is 14.1. The molecule has 25 heavy (non-hydrogen) atoms. The molecule has 0 aliphatic carbocycles. The minimum absolute atomic E-state index is 0.0575. The highest BCUT2D eigenvalue weighted by atomic mass is 32.2. The summed E-state index contributed by atoms with van der Waals surface area (Å²) in [5.74, 6) is -1.62. The third kappa shape index (κ3) is 3.59. The quantitative estimate of drug-likeness (QED) is 0.758. The van der Waals surface area contributed by atoms with Gasteiger partial charge < -0.3 is 0 Å². The lowest BCUT2D eigenvalue weighted by Gasteiger charge is -2.08. The summed E-state index contributed by atoms with van der Waals surface area (Å²) in [5.41, 5.74) is 0.557. The van der Waals surface area contributed by atoms with Gasteiger partial charge in [0.25, 0.3) is 0 Å². The number of aryl methyl sites for hydroxylation is 1. The monoisotopic (exact) mass is 363 g/mol. The summed E-state index contributed by atoms with van der Waals surface area (Å²) >= 11 is 0. The number of rotatable bonds is 5. The Balaban J connectivity index is 1.94. The molecule has 0 atom stereocenters. The number of nitrogens with one attached hydrogen (secondary N) is 1. The van der Waals surface area contributed by atoms with Crippen LogP contribution in [0.5, 0.6) is 0 Å². The van der Waals surface area contributed by atoms with Crippen molar-refractivity contribution in [3.8, 4) is 11.3 Å². The minimum atomic E-state index is -4.02. The normalized spacial score (nSPS) is 11.6. The van der Waals surface area contributed by atoms with Crippen LogP contribution in [0.15, 0.2) is 59.6 Å². The topological polar surface area (TPSA) is 64.0 Å². The Kier molecular flexibility index (Phi) is 4.65. The molecule has 0 spiro atoms. The third-order valence-electron chi connectivity index (χ3n) is 3.63. The van der Waals surface area contributed by atoms with Crippen molar-refractivity contribution in [1.82, 2.24) is 14.5 Å². The van der Waals surface area contributed by atoms with Gasteiger partial charge in [-0.05, 0) is 12.1 Å². The van der Waals surface area contributed by atoms with Crippen LogP contribution in [-0.4, -0.2) is 18.2 Å². The fourth-order valence-electron chi connectivity index (χ4n) is 2.41. The highest BCUT2D eigenvalue weighted by Crippen LogP contribution is 2.25. The molecule has 8 heteroatoms. The van der Waals surface area contributed by atoms with E-state index in [1.54, 1.807) is 37.4 Å². The Labute approximate surface area is 144 Å². The average molecular weight is 363 g/mol. The van der Waals surface area contributed by atoms with Gasteiger partial charge >= 0.3 is 0 Å². The van der Waals surface area contributed by atoms with Crippen LogP contribution in [0.2, 0.25) is 0 Å². The lowest BCUT2D eigenvalue weighted by molar-refractivity contribution is 0.544. The van der Waals surface area contributed by atoms with Crippen molar-refractivity contribution in [3.63, 3.8) is 0 Å². The molecule has 2 aromatic carbocycles. The van der Waals surface area contributed by atoms with Crippen LogP contribution in [0.25, 0.3) is 11.3 Å². The Morgan fingerprint density at radius 2 is 1.68 bits per heavy atom. The van der Waals surface area contributed by atoms with E-state index in [1.807, 2.05) is 0 Å². The molecular weight excluding hydrogens is 348 g/mol. The number of sulfonamides is 1. The zero-order chi connectivity index (χ0) is 18.0. The Morgan fingerprint density at radius 3 is 2.32 bits per heavy atom. The van der Waals surface area contributed by atoms with Crippen molar-refractivity contribution < 1.29 is 17.2 Å². The van der Waals surface area contributed by atoms with E-state index in [2.05, 4.69) is 9.82 Å². The number of hydrogen-bond acceptors (Lipinski definition) is 3. The molecule has 0 radical (unpaired) electrons. The van der Waals surface area contributed by atoms with Gasteiger partial charge in [0.2, 0.25) is 10.0 Å². The molecule has 0 aliphatic rings. The largest absolute Gasteiger partial charge is 0.274 e. The standard InChI is InChI=1S/C17H15F2N3O2S/c1-22-11-16(17(21-22)12-6-3-2-4-7-12)25(23,24)20-10-13-14(18)8-5-9-15(13)19/h2-9,11,20H,10H2,1H3. The highest BCUT2D eigenvalue weighted by Gasteiger charge is 2.23. The van der Waals surface area contributed by atoms with Gasteiger partial charge in [-0.15, -0.1) is 0 Å². The lowest BCUT2D eigenvalue weighted by Crippen LogP contribution is -2.24. The van der Waals surface area contributed by atoms with Gasteiger partial charge in [0.05, 0.1) is 0 Å². The Morgan fingerprint density at radius 1 is 1.04 bits per heavy atom. The van der Waals surface area contributed by atoms with E-state index in [0.717, 1.165) is 12.1 Å². The third-order valence-corrected chi connectivity index (χ3v) is 5.03. The smallest absolute Gasteiger partial charge is 0.244 e. The van der Waals surface area contributed by atoms with E-state index in [4.69, 9.17) is 0 Å². The molecule has 0 saturated carbocycles. The summed E-state index contributed by atoms with van der Waals surface area (Å²) in [6.07, 6.45) is 1.35. The summed E-state index contributed by atoms with van der Waals surface area (Å²) in [6.45, 7) is -0.496. The van der Waals surface area contributed by atoms with Crippen LogP contribution in [0.1, 0.15) is 5.56 Å². The first-order valence-electron chi connectivity index (χ1n) is 7.40. The van der Waals surface area contributed by atoms with Crippen LogP contribution in [-0.2, 0) is 23.6 Å². The fourth-order valence-corrected chi connectivity index (χ4v) is 3.60. The number of halogens is 2. The van der Waals surface area contributed by atoms with Gasteiger partial charge in [0.1, 0.15) is 22.2 Å². The molecule has 3 aromatic rings. The van der Waals surface area contributed by atoms with Gasteiger partial charge in [-0.1, -0.05) is 36.4 Å². The van der Waals surface area contributed by atoms with E-state index in [0.29, 0.717) is 5.56 Å². The van der Waals surface area contributed by atoms with Gasteiger partial charge in [0.15, 0.2) is 0 Å². The second-order valence-electron chi connectivity index (χ2n) is 5.41. The Hall–Kier alpha value is -2.58. The molecule has 130 valence electrons. The van der Waals surface area contributed by atoms with Crippen LogP contribution in [0, 0.1) is 11.6 Å². The number of nitrogens with zero attached hydrogens (tertiary/aromatic N) is 2. The minimum Gasteiger partial charge on any atom is -0.274 e. The molecule has 0 fully saturated rings. The van der Waals surface area contributed by atoms with E-state index in [-0.39, 0.29) is 16.2 Å². The molecule has 0 amide bonds. The molecule has 1 heterocycles. The van der Waals surface area contributed by atoms with Crippen molar-refractivity contribution in [2.24, 2.45) is 7.05 Å². The zero-order valence-electron chi connectivity index (χ0n) is 13.3. The van der Waals surface area contributed by atoms with E-state index in [9.17, 15) is 17.2 Å². The predicted octanol–water partition coefficient (Wildman–Crippen LogP) is 2.84.